The van der Waals surface area contributed by atoms with Gasteiger partial charge in [0.25, 0.3) is 0 Å². The smallest absolute Gasteiger partial charge is 0.123 e. The molecule has 0 spiro atoms. The van der Waals surface area contributed by atoms with Crippen LogP contribution in [0, 0.1) is 11.3 Å². The molecule has 0 aliphatic rings. The Bertz CT molecular complexity index is 602. The van der Waals surface area contributed by atoms with Gasteiger partial charge in [-0.25, -0.2) is 0 Å². The molecule has 0 aliphatic carbocycles. The number of pyridine rings is 1. The van der Waals surface area contributed by atoms with Crippen molar-refractivity contribution in [1.82, 2.24) is 10.3 Å². The Morgan fingerprint density at radius 3 is 2.78 bits per heavy atom. The van der Waals surface area contributed by atoms with Crippen LogP contribution in [0.3, 0.4) is 0 Å². The number of nitriles is 1. The Balaban J connectivity index is 2.57. The number of nitrogens with one attached hydrogen (secondary N) is 1. The van der Waals surface area contributed by atoms with Crippen LogP contribution in [0.2, 0.25) is 5.02 Å². The summed E-state index contributed by atoms with van der Waals surface area (Å²) in [5, 5.41) is 14.0. The molecule has 92 valence electrons. The third-order valence-corrected chi connectivity index (χ3v) is 3.02. The zero-order chi connectivity index (χ0) is 13.1. The van der Waals surface area contributed by atoms with Gasteiger partial charge < -0.3 is 0 Å². The van der Waals surface area contributed by atoms with Crippen molar-refractivity contribution >= 4 is 22.5 Å². The summed E-state index contributed by atoms with van der Waals surface area (Å²) in [5.41, 5.74) is 1.65. The fraction of sp³-hybridized carbons (Fsp3) is 0.286. The molecule has 0 amide bonds. The number of halogens is 1. The van der Waals surface area contributed by atoms with Crippen LogP contribution < -0.4 is 5.32 Å². The highest BCUT2D eigenvalue weighted by molar-refractivity contribution is 6.35. The van der Waals surface area contributed by atoms with Crippen LogP contribution in [0.25, 0.3) is 10.9 Å². The van der Waals surface area contributed by atoms with Crippen LogP contribution in [-0.2, 0) is 0 Å². The predicted octanol–water partition coefficient (Wildman–Crippen LogP) is 3.45. The van der Waals surface area contributed by atoms with E-state index >= 15 is 0 Å². The lowest BCUT2D eigenvalue weighted by Crippen LogP contribution is -2.27. The minimum atomic E-state index is -0.375. The Hall–Kier alpha value is -1.63. The maximum Gasteiger partial charge on any atom is 0.123 e. The van der Waals surface area contributed by atoms with Gasteiger partial charge in [-0.1, -0.05) is 17.7 Å². The van der Waals surface area contributed by atoms with Gasteiger partial charge in [-0.3, -0.25) is 10.3 Å². The molecule has 0 saturated carbocycles. The van der Waals surface area contributed by atoms with Crippen molar-refractivity contribution in [2.45, 2.75) is 25.9 Å². The Labute approximate surface area is 111 Å². The van der Waals surface area contributed by atoms with Crippen LogP contribution in [0.5, 0.6) is 0 Å². The first-order chi connectivity index (χ1) is 8.63. The van der Waals surface area contributed by atoms with Gasteiger partial charge in [0.05, 0.1) is 11.6 Å². The first kappa shape index (κ1) is 12.8. The molecular formula is C14H14ClN3. The lowest BCUT2D eigenvalue weighted by Gasteiger charge is -2.16. The largest absolute Gasteiger partial charge is 0.296 e. The number of hydrogen-bond donors (Lipinski definition) is 1. The fourth-order valence-corrected chi connectivity index (χ4v) is 2.14. The molecule has 18 heavy (non-hydrogen) atoms. The summed E-state index contributed by atoms with van der Waals surface area (Å²) in [6.07, 6.45) is 1.71. The molecule has 0 saturated heterocycles. The number of nitrogens with zero attached hydrogens (tertiary/aromatic N) is 2. The second-order valence-corrected chi connectivity index (χ2v) is 4.83. The normalized spacial score (nSPS) is 12.6. The summed E-state index contributed by atoms with van der Waals surface area (Å²) in [6.45, 7) is 4.02. The summed E-state index contributed by atoms with van der Waals surface area (Å²) in [7, 11) is 0. The summed E-state index contributed by atoms with van der Waals surface area (Å²) in [4.78, 5) is 4.34. The zero-order valence-corrected chi connectivity index (χ0v) is 11.1. The SMILES string of the molecule is CC(C)NC(C#N)c1ccc(Cl)c2cccnc12. The predicted molar refractivity (Wildman–Crippen MR) is 73.4 cm³/mol. The van der Waals surface area contributed by atoms with Crippen molar-refractivity contribution in [1.29, 1.82) is 5.26 Å². The number of rotatable bonds is 3. The van der Waals surface area contributed by atoms with Crippen molar-refractivity contribution in [3.05, 3.63) is 41.0 Å². The van der Waals surface area contributed by atoms with Gasteiger partial charge in [-0.2, -0.15) is 5.26 Å². The standard InChI is InChI=1S/C14H14ClN3/c1-9(2)18-13(8-16)11-5-6-12(15)10-4-3-7-17-14(10)11/h3-7,9,13,18H,1-2H3. The number of hydrogen-bond acceptors (Lipinski definition) is 3. The maximum absolute atomic E-state index is 9.28. The fourth-order valence-electron chi connectivity index (χ4n) is 1.92. The number of aromatic nitrogens is 1. The third kappa shape index (κ3) is 2.45. The quantitative estimate of drug-likeness (QED) is 0.918. The van der Waals surface area contributed by atoms with Gasteiger partial charge in [0.15, 0.2) is 0 Å². The first-order valence-corrected chi connectivity index (χ1v) is 6.20. The van der Waals surface area contributed by atoms with Gasteiger partial charge >= 0.3 is 0 Å². The van der Waals surface area contributed by atoms with E-state index in [9.17, 15) is 5.26 Å². The van der Waals surface area contributed by atoms with Gasteiger partial charge in [0, 0.05) is 28.2 Å². The molecule has 3 nitrogen and oxygen atoms in total. The number of fused-ring (bicyclic) bond motifs is 1. The van der Waals surface area contributed by atoms with E-state index in [4.69, 9.17) is 11.6 Å². The highest BCUT2D eigenvalue weighted by Crippen LogP contribution is 2.28. The molecule has 4 heteroatoms. The van der Waals surface area contributed by atoms with Crippen LogP contribution in [0.4, 0.5) is 0 Å². The van der Waals surface area contributed by atoms with E-state index in [-0.39, 0.29) is 12.1 Å². The van der Waals surface area contributed by atoms with Crippen LogP contribution in [-0.4, -0.2) is 11.0 Å². The van der Waals surface area contributed by atoms with E-state index in [1.807, 2.05) is 38.1 Å². The zero-order valence-electron chi connectivity index (χ0n) is 10.3. The topological polar surface area (TPSA) is 48.7 Å². The molecule has 1 aromatic carbocycles. The van der Waals surface area contributed by atoms with Gasteiger partial charge in [0.1, 0.15) is 6.04 Å². The highest BCUT2D eigenvalue weighted by Gasteiger charge is 2.16. The monoisotopic (exact) mass is 259 g/mol. The first-order valence-electron chi connectivity index (χ1n) is 5.82. The lowest BCUT2D eigenvalue weighted by molar-refractivity contribution is 0.548. The molecule has 2 rings (SSSR count). The second kappa shape index (κ2) is 5.34. The van der Waals surface area contributed by atoms with Crippen molar-refractivity contribution < 1.29 is 0 Å². The van der Waals surface area contributed by atoms with E-state index in [0.717, 1.165) is 16.5 Å². The molecule has 2 aromatic rings. The molecule has 1 aromatic heterocycles. The van der Waals surface area contributed by atoms with Crippen molar-refractivity contribution in [2.75, 3.05) is 0 Å². The van der Waals surface area contributed by atoms with Crippen LogP contribution in [0.1, 0.15) is 25.5 Å². The average Bonchev–Trinajstić information content (AvgIpc) is 2.37. The summed E-state index contributed by atoms with van der Waals surface area (Å²) < 4.78 is 0. The van der Waals surface area contributed by atoms with Crippen molar-refractivity contribution in [2.24, 2.45) is 0 Å². The molecule has 0 fully saturated rings. The van der Waals surface area contributed by atoms with E-state index in [0.29, 0.717) is 5.02 Å². The summed E-state index contributed by atoms with van der Waals surface area (Å²) in [5.74, 6) is 0. The van der Waals surface area contributed by atoms with E-state index in [2.05, 4.69) is 16.4 Å². The Morgan fingerprint density at radius 2 is 2.11 bits per heavy atom. The molecule has 1 N–H and O–H groups in total. The summed E-state index contributed by atoms with van der Waals surface area (Å²) >= 11 is 6.14. The molecule has 0 aliphatic heterocycles. The minimum Gasteiger partial charge on any atom is -0.296 e. The molecule has 1 atom stereocenters. The number of benzene rings is 1. The molecule has 0 radical (unpaired) electrons. The molecule has 1 unspecified atom stereocenters. The van der Waals surface area contributed by atoms with E-state index < -0.39 is 0 Å². The van der Waals surface area contributed by atoms with Gasteiger partial charge in [0.2, 0.25) is 0 Å². The van der Waals surface area contributed by atoms with Crippen LogP contribution in [0.15, 0.2) is 30.5 Å². The van der Waals surface area contributed by atoms with E-state index in [1.54, 1.807) is 6.20 Å². The van der Waals surface area contributed by atoms with E-state index in [1.165, 1.54) is 0 Å². The Kier molecular flexibility index (Phi) is 3.81. The van der Waals surface area contributed by atoms with Crippen LogP contribution >= 0.6 is 11.6 Å². The van der Waals surface area contributed by atoms with Gasteiger partial charge in [-0.05, 0) is 32.0 Å². The van der Waals surface area contributed by atoms with Gasteiger partial charge in [-0.15, -0.1) is 0 Å². The third-order valence-electron chi connectivity index (χ3n) is 2.69. The molecule has 0 bridgehead atoms. The average molecular weight is 260 g/mol. The summed E-state index contributed by atoms with van der Waals surface area (Å²) in [6, 6.07) is 9.55. The minimum absolute atomic E-state index is 0.226. The van der Waals surface area contributed by atoms with Crippen molar-refractivity contribution in [3.63, 3.8) is 0 Å². The molecule has 1 heterocycles. The highest BCUT2D eigenvalue weighted by atomic mass is 35.5. The Morgan fingerprint density at radius 1 is 1.33 bits per heavy atom. The molecular weight excluding hydrogens is 246 g/mol. The van der Waals surface area contributed by atoms with Crippen molar-refractivity contribution in [3.8, 4) is 6.07 Å². The lowest BCUT2D eigenvalue weighted by atomic mass is 10.0. The second-order valence-electron chi connectivity index (χ2n) is 4.42. The maximum atomic E-state index is 9.28.